The Morgan fingerprint density at radius 1 is 0.897 bits per heavy atom. The first-order valence-corrected chi connectivity index (χ1v) is 9.45. The van der Waals surface area contributed by atoms with Crippen LogP contribution in [-0.4, -0.2) is 49.4 Å². The monoisotopic (exact) mass is 405 g/mol. The van der Waals surface area contributed by atoms with Gasteiger partial charge in [-0.3, -0.25) is 9.59 Å². The summed E-state index contributed by atoms with van der Waals surface area (Å²) in [5.74, 6) is -2.78. The van der Waals surface area contributed by atoms with Gasteiger partial charge in [-0.05, 0) is 42.8 Å². The van der Waals surface area contributed by atoms with Gasteiger partial charge >= 0.3 is 0 Å². The molecule has 1 saturated heterocycles. The lowest BCUT2D eigenvalue weighted by molar-refractivity contribution is -0.130. The minimum Gasteiger partial charge on any atom is -0.370 e. The number of carbonyl (C=O) groups is 2. The lowest BCUT2D eigenvalue weighted by Crippen LogP contribution is -2.37. The van der Waals surface area contributed by atoms with E-state index in [4.69, 9.17) is 0 Å². The van der Waals surface area contributed by atoms with E-state index in [1.54, 1.807) is 17.0 Å². The van der Waals surface area contributed by atoms with E-state index in [9.17, 15) is 22.8 Å². The Hall–Kier alpha value is -3.03. The predicted octanol–water partition coefficient (Wildman–Crippen LogP) is 2.96. The van der Waals surface area contributed by atoms with Crippen molar-refractivity contribution in [2.75, 3.05) is 37.6 Å². The van der Waals surface area contributed by atoms with E-state index in [0.29, 0.717) is 25.7 Å². The van der Waals surface area contributed by atoms with Crippen molar-refractivity contribution in [3.63, 3.8) is 0 Å². The molecule has 0 aliphatic carbocycles. The van der Waals surface area contributed by atoms with Crippen molar-refractivity contribution in [3.8, 4) is 0 Å². The molecule has 0 unspecified atom stereocenters. The average molecular weight is 405 g/mol. The summed E-state index contributed by atoms with van der Waals surface area (Å²) in [7, 11) is 0. The summed E-state index contributed by atoms with van der Waals surface area (Å²) >= 11 is 0. The summed E-state index contributed by atoms with van der Waals surface area (Å²) in [6.45, 7) is 2.57. The number of anilines is 1. The minimum atomic E-state index is -0.942. The summed E-state index contributed by atoms with van der Waals surface area (Å²) in [6, 6.07) is 8.98. The summed E-state index contributed by atoms with van der Waals surface area (Å²) in [5.41, 5.74) is 0.651. The molecule has 0 radical (unpaired) electrons. The second-order valence-electron chi connectivity index (χ2n) is 6.83. The average Bonchev–Trinajstić information content (AvgIpc) is 2.94. The van der Waals surface area contributed by atoms with Crippen LogP contribution in [0.15, 0.2) is 42.5 Å². The van der Waals surface area contributed by atoms with Crippen molar-refractivity contribution in [3.05, 3.63) is 65.5 Å². The molecule has 1 heterocycles. The fraction of sp³-hybridized carbons (Fsp3) is 0.333. The molecular weight excluding hydrogens is 383 g/mol. The highest BCUT2D eigenvalue weighted by atomic mass is 19.1. The number of nitrogens with one attached hydrogen (secondary N) is 1. The normalized spacial score (nSPS) is 14.4. The van der Waals surface area contributed by atoms with Crippen LogP contribution in [0, 0.1) is 17.5 Å². The van der Waals surface area contributed by atoms with Crippen LogP contribution in [0.3, 0.4) is 0 Å². The molecule has 0 aromatic heterocycles. The third-order valence-corrected chi connectivity index (χ3v) is 4.84. The Bertz CT molecular complexity index is 874. The maximum absolute atomic E-state index is 13.6. The van der Waals surface area contributed by atoms with Crippen LogP contribution in [0.4, 0.5) is 18.9 Å². The van der Waals surface area contributed by atoms with E-state index < -0.39 is 17.5 Å². The fourth-order valence-corrected chi connectivity index (χ4v) is 3.29. The van der Waals surface area contributed by atoms with Crippen LogP contribution in [0.25, 0.3) is 0 Å². The standard InChI is InChI=1S/C21H22F3N3O2/c22-15-2-5-17(6-3-15)26-10-1-11-27(13-12-26)20(28)8-9-25-21(29)18-7-4-16(23)14-19(18)24/h2-7,14H,1,8-13H2,(H,25,29). The van der Waals surface area contributed by atoms with Crippen molar-refractivity contribution in [2.24, 2.45) is 0 Å². The van der Waals surface area contributed by atoms with Crippen LogP contribution in [-0.2, 0) is 4.79 Å². The fourth-order valence-electron chi connectivity index (χ4n) is 3.29. The third-order valence-electron chi connectivity index (χ3n) is 4.84. The summed E-state index contributed by atoms with van der Waals surface area (Å²) in [4.78, 5) is 28.3. The number of halogens is 3. The molecule has 2 aromatic carbocycles. The molecule has 0 bridgehead atoms. The molecule has 0 saturated carbocycles. The topological polar surface area (TPSA) is 52.7 Å². The number of hydrogen-bond acceptors (Lipinski definition) is 3. The van der Waals surface area contributed by atoms with Gasteiger partial charge in [0, 0.05) is 50.9 Å². The molecule has 1 N–H and O–H groups in total. The predicted molar refractivity (Wildman–Crippen MR) is 103 cm³/mol. The van der Waals surface area contributed by atoms with Gasteiger partial charge in [0.15, 0.2) is 0 Å². The SMILES string of the molecule is O=C(NCCC(=O)N1CCCN(c2ccc(F)cc2)CC1)c1ccc(F)cc1F. The highest BCUT2D eigenvalue weighted by Crippen LogP contribution is 2.17. The van der Waals surface area contributed by atoms with Crippen LogP contribution in [0.5, 0.6) is 0 Å². The molecule has 0 atom stereocenters. The summed E-state index contributed by atoms with van der Waals surface area (Å²) in [5, 5.41) is 2.49. The molecule has 154 valence electrons. The van der Waals surface area contributed by atoms with Gasteiger partial charge < -0.3 is 15.1 Å². The van der Waals surface area contributed by atoms with Gasteiger partial charge in [-0.1, -0.05) is 0 Å². The summed E-state index contributed by atoms with van der Waals surface area (Å²) in [6.07, 6.45) is 0.862. The molecule has 1 fully saturated rings. The first kappa shape index (κ1) is 20.7. The van der Waals surface area contributed by atoms with E-state index in [1.165, 1.54) is 12.1 Å². The molecule has 2 amide bonds. The smallest absolute Gasteiger partial charge is 0.254 e. The Morgan fingerprint density at radius 2 is 1.62 bits per heavy atom. The van der Waals surface area contributed by atoms with E-state index in [1.807, 2.05) is 0 Å². The Balaban J connectivity index is 1.47. The molecule has 2 aromatic rings. The van der Waals surface area contributed by atoms with E-state index >= 15 is 0 Å². The molecule has 0 spiro atoms. The van der Waals surface area contributed by atoms with Crippen LogP contribution in [0.1, 0.15) is 23.2 Å². The van der Waals surface area contributed by atoms with Crippen molar-refractivity contribution in [1.82, 2.24) is 10.2 Å². The maximum Gasteiger partial charge on any atom is 0.254 e. The molecule has 5 nitrogen and oxygen atoms in total. The lowest BCUT2D eigenvalue weighted by Gasteiger charge is -2.23. The number of nitrogens with zero attached hydrogens (tertiary/aromatic N) is 2. The first-order chi connectivity index (χ1) is 13.9. The zero-order chi connectivity index (χ0) is 20.8. The number of benzene rings is 2. The van der Waals surface area contributed by atoms with Gasteiger partial charge in [0.2, 0.25) is 5.91 Å². The third kappa shape index (κ3) is 5.49. The van der Waals surface area contributed by atoms with Gasteiger partial charge in [0.05, 0.1) is 5.56 Å². The van der Waals surface area contributed by atoms with Crippen molar-refractivity contribution in [2.45, 2.75) is 12.8 Å². The molecule has 1 aliphatic rings. The largest absolute Gasteiger partial charge is 0.370 e. The number of hydrogen-bond donors (Lipinski definition) is 1. The quantitative estimate of drug-likeness (QED) is 0.832. The van der Waals surface area contributed by atoms with E-state index in [0.717, 1.165) is 30.8 Å². The van der Waals surface area contributed by atoms with Crippen LogP contribution in [0.2, 0.25) is 0 Å². The van der Waals surface area contributed by atoms with Crippen LogP contribution < -0.4 is 10.2 Å². The van der Waals surface area contributed by atoms with Gasteiger partial charge in [-0.2, -0.15) is 0 Å². The first-order valence-electron chi connectivity index (χ1n) is 9.45. The van der Waals surface area contributed by atoms with Crippen molar-refractivity contribution in [1.29, 1.82) is 0 Å². The lowest BCUT2D eigenvalue weighted by atomic mass is 10.2. The van der Waals surface area contributed by atoms with E-state index in [-0.39, 0.29) is 30.3 Å². The molecule has 29 heavy (non-hydrogen) atoms. The second kappa shape index (κ2) is 9.45. The Morgan fingerprint density at radius 3 is 2.34 bits per heavy atom. The van der Waals surface area contributed by atoms with E-state index in [2.05, 4.69) is 10.2 Å². The highest BCUT2D eigenvalue weighted by molar-refractivity contribution is 5.94. The maximum atomic E-state index is 13.6. The molecular formula is C21H22F3N3O2. The van der Waals surface area contributed by atoms with Gasteiger partial charge in [0.25, 0.3) is 5.91 Å². The minimum absolute atomic E-state index is 0.0622. The van der Waals surface area contributed by atoms with Crippen molar-refractivity contribution < 1.29 is 22.8 Å². The van der Waals surface area contributed by atoms with Gasteiger partial charge in [0.1, 0.15) is 17.5 Å². The molecule has 1 aliphatic heterocycles. The summed E-state index contributed by atoms with van der Waals surface area (Å²) < 4.78 is 39.6. The number of rotatable bonds is 5. The number of amides is 2. The van der Waals surface area contributed by atoms with Crippen molar-refractivity contribution >= 4 is 17.5 Å². The Kier molecular flexibility index (Phi) is 6.74. The van der Waals surface area contributed by atoms with Gasteiger partial charge in [-0.15, -0.1) is 0 Å². The zero-order valence-corrected chi connectivity index (χ0v) is 15.8. The highest BCUT2D eigenvalue weighted by Gasteiger charge is 2.20. The van der Waals surface area contributed by atoms with Crippen LogP contribution >= 0.6 is 0 Å². The Labute approximate surface area is 167 Å². The zero-order valence-electron chi connectivity index (χ0n) is 15.8. The second-order valence-corrected chi connectivity index (χ2v) is 6.83. The molecule has 3 rings (SSSR count). The molecule has 8 heteroatoms. The van der Waals surface area contributed by atoms with Gasteiger partial charge in [-0.25, -0.2) is 13.2 Å². The number of carbonyl (C=O) groups excluding carboxylic acids is 2.